The van der Waals surface area contributed by atoms with E-state index in [0.717, 1.165) is 22.4 Å². The van der Waals surface area contributed by atoms with Gasteiger partial charge in [0.25, 0.3) is 0 Å². The zero-order valence-electron chi connectivity index (χ0n) is 15.7. The predicted octanol–water partition coefficient (Wildman–Crippen LogP) is 5.72. The van der Waals surface area contributed by atoms with Crippen LogP contribution in [0, 0.1) is 0 Å². The number of hydrogen-bond donors (Lipinski definition) is 1. The quantitative estimate of drug-likeness (QED) is 0.514. The van der Waals surface area contributed by atoms with Gasteiger partial charge in [0.15, 0.2) is 0 Å². The number of anilines is 1. The third-order valence-corrected chi connectivity index (χ3v) is 4.82. The first-order chi connectivity index (χ1) is 12.5. The maximum Gasteiger partial charge on any atom is 0.142 e. The molecule has 0 aliphatic rings. The first-order valence-electron chi connectivity index (χ1n) is 8.93. The maximum atomic E-state index is 4.67. The largest absolute Gasteiger partial charge is 0.359 e. The molecule has 0 atom stereocenters. The second-order valence-electron chi connectivity index (χ2n) is 7.21. The van der Waals surface area contributed by atoms with Gasteiger partial charge >= 0.3 is 0 Å². The summed E-state index contributed by atoms with van der Waals surface area (Å²) < 4.78 is 4.40. The van der Waals surface area contributed by atoms with Crippen LogP contribution in [-0.4, -0.2) is 14.1 Å². The summed E-state index contributed by atoms with van der Waals surface area (Å²) in [5.41, 5.74) is 6.57. The fourth-order valence-electron chi connectivity index (χ4n) is 3.55. The van der Waals surface area contributed by atoms with Gasteiger partial charge in [-0.25, -0.2) is 4.98 Å². The fourth-order valence-corrected chi connectivity index (χ4v) is 3.55. The molecule has 4 nitrogen and oxygen atoms in total. The van der Waals surface area contributed by atoms with Crippen molar-refractivity contribution in [2.45, 2.75) is 26.8 Å². The molecule has 3 aromatic heterocycles. The Morgan fingerprint density at radius 3 is 2.73 bits per heavy atom. The summed E-state index contributed by atoms with van der Waals surface area (Å²) >= 11 is 0. The number of nitrogens with one attached hydrogen (secondary N) is 1. The number of aryl methyl sites for hydroxylation is 1. The van der Waals surface area contributed by atoms with Gasteiger partial charge in [0, 0.05) is 48.5 Å². The Hall–Kier alpha value is -3.01. The van der Waals surface area contributed by atoms with Crippen LogP contribution < -0.4 is 5.32 Å². The van der Waals surface area contributed by atoms with E-state index in [1.54, 1.807) is 0 Å². The molecule has 1 N–H and O–H groups in total. The van der Waals surface area contributed by atoms with E-state index in [1.807, 2.05) is 19.2 Å². The van der Waals surface area contributed by atoms with Gasteiger partial charge in [0.2, 0.25) is 0 Å². The summed E-state index contributed by atoms with van der Waals surface area (Å²) in [4.78, 5) is 4.67. The van der Waals surface area contributed by atoms with E-state index >= 15 is 0 Å². The van der Waals surface area contributed by atoms with Gasteiger partial charge in [0.05, 0.1) is 11.1 Å². The zero-order valence-corrected chi connectivity index (χ0v) is 15.7. The first-order valence-corrected chi connectivity index (χ1v) is 8.93. The lowest BCUT2D eigenvalue weighted by Gasteiger charge is -2.10. The molecular weight excluding hydrogens is 320 g/mol. The van der Waals surface area contributed by atoms with Crippen molar-refractivity contribution in [1.29, 1.82) is 0 Å². The predicted molar refractivity (Wildman–Crippen MR) is 110 cm³/mol. The molecule has 0 unspecified atom stereocenters. The molecule has 4 rings (SSSR count). The van der Waals surface area contributed by atoms with Crippen LogP contribution in [0.25, 0.3) is 33.1 Å². The van der Waals surface area contributed by atoms with Crippen LogP contribution in [-0.2, 0) is 7.05 Å². The van der Waals surface area contributed by atoms with Gasteiger partial charge in [-0.1, -0.05) is 18.7 Å². The number of aromatic nitrogens is 3. The minimum atomic E-state index is 0.331. The van der Waals surface area contributed by atoms with Crippen LogP contribution in [0.1, 0.15) is 26.8 Å². The number of pyridine rings is 1. The van der Waals surface area contributed by atoms with Crippen LogP contribution in [0.3, 0.4) is 0 Å². The molecule has 0 saturated heterocycles. The van der Waals surface area contributed by atoms with Crippen molar-refractivity contribution in [2.24, 2.45) is 7.05 Å². The molecule has 0 radical (unpaired) electrons. The van der Waals surface area contributed by atoms with Gasteiger partial charge in [-0.05, 0) is 49.9 Å². The topological polar surface area (TPSA) is 34.8 Å². The van der Waals surface area contributed by atoms with E-state index in [-0.39, 0.29) is 0 Å². The smallest absolute Gasteiger partial charge is 0.142 e. The molecule has 0 saturated carbocycles. The van der Waals surface area contributed by atoms with E-state index in [4.69, 9.17) is 0 Å². The molecule has 0 amide bonds. The first kappa shape index (κ1) is 16.5. The Kier molecular flexibility index (Phi) is 3.83. The molecule has 1 aromatic carbocycles. The minimum absolute atomic E-state index is 0.331. The lowest BCUT2D eigenvalue weighted by molar-refractivity contribution is 0.618. The van der Waals surface area contributed by atoms with E-state index in [0.29, 0.717) is 6.04 Å². The van der Waals surface area contributed by atoms with Crippen molar-refractivity contribution in [2.75, 3.05) is 5.32 Å². The fraction of sp³-hybridized carbons (Fsp3) is 0.227. The molecule has 3 heterocycles. The number of nitrogens with zero attached hydrogens (tertiary/aromatic N) is 3. The summed E-state index contributed by atoms with van der Waals surface area (Å²) in [6.07, 6.45) is 6.17. The molecule has 132 valence electrons. The van der Waals surface area contributed by atoms with Gasteiger partial charge in [-0.15, -0.1) is 0 Å². The van der Waals surface area contributed by atoms with Crippen molar-refractivity contribution in [3.63, 3.8) is 0 Å². The highest BCUT2D eigenvalue weighted by atomic mass is 15.1. The van der Waals surface area contributed by atoms with Gasteiger partial charge in [0.1, 0.15) is 5.65 Å². The van der Waals surface area contributed by atoms with Crippen molar-refractivity contribution < 1.29 is 0 Å². The Morgan fingerprint density at radius 1 is 1.19 bits per heavy atom. The molecule has 4 aromatic rings. The van der Waals surface area contributed by atoms with E-state index < -0.39 is 0 Å². The average Bonchev–Trinajstić information content (AvgIpc) is 3.16. The van der Waals surface area contributed by atoms with Crippen molar-refractivity contribution in [1.82, 2.24) is 14.1 Å². The van der Waals surface area contributed by atoms with Crippen molar-refractivity contribution >= 4 is 27.6 Å². The zero-order chi connectivity index (χ0) is 18.4. The third kappa shape index (κ3) is 2.58. The molecule has 0 fully saturated rings. The summed E-state index contributed by atoms with van der Waals surface area (Å²) in [5, 5.41) is 5.79. The number of rotatable bonds is 4. The molecule has 0 bridgehead atoms. The second kappa shape index (κ2) is 6.06. The minimum Gasteiger partial charge on any atom is -0.359 e. The normalized spacial score (nSPS) is 11.6. The summed E-state index contributed by atoms with van der Waals surface area (Å²) in [7, 11) is 2.08. The Labute approximate surface area is 153 Å². The van der Waals surface area contributed by atoms with Crippen LogP contribution in [0.15, 0.2) is 61.2 Å². The highest BCUT2D eigenvalue weighted by Crippen LogP contribution is 2.37. The highest BCUT2D eigenvalue weighted by Gasteiger charge is 2.17. The Balaban J connectivity index is 2.03. The van der Waals surface area contributed by atoms with E-state index in [2.05, 4.69) is 83.6 Å². The molecular formula is C22H24N4. The Bertz CT molecular complexity index is 1130. The van der Waals surface area contributed by atoms with Gasteiger partial charge in [-0.3, -0.25) is 0 Å². The highest BCUT2D eigenvalue weighted by molar-refractivity contribution is 6.04. The van der Waals surface area contributed by atoms with Crippen LogP contribution in [0.5, 0.6) is 0 Å². The van der Waals surface area contributed by atoms with Crippen LogP contribution in [0.4, 0.5) is 5.69 Å². The maximum absolute atomic E-state index is 4.67. The molecule has 0 spiro atoms. The van der Waals surface area contributed by atoms with Crippen molar-refractivity contribution in [3.05, 3.63) is 61.2 Å². The van der Waals surface area contributed by atoms with Gasteiger partial charge in [-0.2, -0.15) is 0 Å². The van der Waals surface area contributed by atoms with Crippen LogP contribution in [0.2, 0.25) is 0 Å². The van der Waals surface area contributed by atoms with Gasteiger partial charge < -0.3 is 14.5 Å². The lowest BCUT2D eigenvalue weighted by atomic mass is 10.0. The molecule has 26 heavy (non-hydrogen) atoms. The van der Waals surface area contributed by atoms with E-state index in [9.17, 15) is 0 Å². The number of allylic oxidation sites excluding steroid dienone is 1. The van der Waals surface area contributed by atoms with Crippen LogP contribution >= 0.6 is 0 Å². The number of fused-ring (bicyclic) bond motifs is 2. The number of benzene rings is 1. The second-order valence-corrected chi connectivity index (χ2v) is 7.21. The molecule has 0 aliphatic carbocycles. The SMILES string of the molecule is C=C(C)Nc1ccnc2c1c(-c1ccc3ccn(C)c3c1)cn2C(C)C. The average molecular weight is 344 g/mol. The number of hydrogen-bond acceptors (Lipinski definition) is 2. The summed E-state index contributed by atoms with van der Waals surface area (Å²) in [6, 6.07) is 11.1. The molecule has 4 heteroatoms. The standard InChI is InChI=1S/C22H24N4/c1-14(2)24-19-8-10-23-22-21(19)18(13-26(22)15(3)4)17-7-6-16-9-11-25(5)20(16)12-17/h6-13,15H,1H2,2-5H3,(H,23,24). The van der Waals surface area contributed by atoms with E-state index in [1.165, 1.54) is 22.0 Å². The summed E-state index contributed by atoms with van der Waals surface area (Å²) in [5.74, 6) is 0. The third-order valence-electron chi connectivity index (χ3n) is 4.82. The molecule has 0 aliphatic heterocycles. The van der Waals surface area contributed by atoms with Crippen molar-refractivity contribution in [3.8, 4) is 11.1 Å². The summed E-state index contributed by atoms with van der Waals surface area (Å²) in [6.45, 7) is 10.3. The Morgan fingerprint density at radius 2 is 2.00 bits per heavy atom. The monoisotopic (exact) mass is 344 g/mol. The lowest BCUT2D eigenvalue weighted by Crippen LogP contribution is -2.00.